The van der Waals surface area contributed by atoms with Crippen LogP contribution in [-0.4, -0.2) is 22.8 Å². The van der Waals surface area contributed by atoms with Gasteiger partial charge in [-0.1, -0.05) is 60.6 Å². The van der Waals surface area contributed by atoms with Crippen LogP contribution in [0.5, 0.6) is 0 Å². The maximum atomic E-state index is 12.6. The number of carbonyl (C=O) groups excluding carboxylic acids is 2. The molecule has 2 amide bonds. The molecule has 0 aliphatic carbocycles. The third-order valence-electron chi connectivity index (χ3n) is 4.03. The Hall–Kier alpha value is -2.85. The number of nitrogens with zero attached hydrogens (tertiary/aromatic N) is 1. The van der Waals surface area contributed by atoms with Crippen LogP contribution in [0.4, 0.5) is 0 Å². The maximum absolute atomic E-state index is 12.6. The number of hydrogen-bond donors (Lipinski definition) is 1. The summed E-state index contributed by atoms with van der Waals surface area (Å²) >= 11 is 5.91. The number of hydrogen-bond acceptors (Lipinski definition) is 2. The van der Waals surface area contributed by atoms with Crippen LogP contribution < -0.4 is 5.32 Å². The fourth-order valence-corrected chi connectivity index (χ4v) is 3.01. The van der Waals surface area contributed by atoms with Gasteiger partial charge in [-0.15, -0.1) is 0 Å². The quantitative estimate of drug-likeness (QED) is 0.896. The van der Waals surface area contributed by atoms with Crippen molar-refractivity contribution in [1.29, 1.82) is 0 Å². The molecule has 1 atom stereocenters. The van der Waals surface area contributed by atoms with Gasteiger partial charge in [0.25, 0.3) is 5.91 Å². The Bertz CT molecular complexity index is 829. The van der Waals surface area contributed by atoms with Crippen LogP contribution in [-0.2, 0) is 16.1 Å². The fourth-order valence-electron chi connectivity index (χ4n) is 2.88. The first-order valence-electron chi connectivity index (χ1n) is 7.83. The lowest BCUT2D eigenvalue weighted by atomic mass is 9.99. The molecular weight excluding hydrogens is 336 g/mol. The van der Waals surface area contributed by atoms with Crippen LogP contribution in [0.15, 0.2) is 73.5 Å². The first-order valence-corrected chi connectivity index (χ1v) is 8.21. The minimum atomic E-state index is -0.705. The molecule has 126 valence electrons. The Balaban J connectivity index is 1.94. The third-order valence-corrected chi connectivity index (χ3v) is 4.29. The molecule has 0 saturated heterocycles. The van der Waals surface area contributed by atoms with Crippen molar-refractivity contribution in [3.8, 4) is 0 Å². The van der Waals surface area contributed by atoms with Crippen LogP contribution in [0.2, 0.25) is 5.02 Å². The fraction of sp³-hybridized carbons (Fsp3) is 0.100. The largest absolute Gasteiger partial charge is 0.331 e. The third kappa shape index (κ3) is 3.64. The molecule has 3 rings (SSSR count). The Kier molecular flexibility index (Phi) is 5.00. The van der Waals surface area contributed by atoms with E-state index in [4.69, 9.17) is 11.6 Å². The molecule has 1 aliphatic rings. The van der Waals surface area contributed by atoms with E-state index in [1.54, 1.807) is 17.0 Å². The highest BCUT2D eigenvalue weighted by molar-refractivity contribution is 6.30. The summed E-state index contributed by atoms with van der Waals surface area (Å²) in [5.74, 6) is -0.483. The predicted molar refractivity (Wildman–Crippen MR) is 98.5 cm³/mol. The molecule has 1 heterocycles. The number of halogens is 1. The Labute approximate surface area is 151 Å². The highest BCUT2D eigenvalue weighted by Gasteiger charge is 2.38. The van der Waals surface area contributed by atoms with Crippen LogP contribution in [0.3, 0.4) is 0 Å². The first kappa shape index (κ1) is 17.0. The second-order valence-corrected chi connectivity index (χ2v) is 6.11. The van der Waals surface area contributed by atoms with E-state index in [0.29, 0.717) is 17.1 Å². The monoisotopic (exact) mass is 352 g/mol. The zero-order valence-electron chi connectivity index (χ0n) is 13.5. The summed E-state index contributed by atoms with van der Waals surface area (Å²) in [5.41, 5.74) is 2.43. The van der Waals surface area contributed by atoms with Gasteiger partial charge in [0.15, 0.2) is 0 Å². The summed E-state index contributed by atoms with van der Waals surface area (Å²) in [6, 6.07) is 15.9. The minimum absolute atomic E-state index is 0.196. The van der Waals surface area contributed by atoms with Crippen molar-refractivity contribution in [2.24, 2.45) is 0 Å². The van der Waals surface area contributed by atoms with Crippen molar-refractivity contribution in [2.75, 3.05) is 0 Å². The van der Waals surface area contributed by atoms with E-state index in [1.807, 2.05) is 42.5 Å². The SMILES string of the molecule is C=CNC(=O)C1C(c2ccccc2)=CC(=O)N1Cc1ccc(Cl)cc1. The second-order valence-electron chi connectivity index (χ2n) is 5.67. The lowest BCUT2D eigenvalue weighted by Crippen LogP contribution is -2.44. The van der Waals surface area contributed by atoms with Crippen LogP contribution in [0.1, 0.15) is 11.1 Å². The molecule has 0 saturated carbocycles. The van der Waals surface area contributed by atoms with Gasteiger partial charge in [0.2, 0.25) is 5.91 Å². The van der Waals surface area contributed by atoms with Gasteiger partial charge < -0.3 is 10.2 Å². The molecule has 0 aromatic heterocycles. The Morgan fingerprint density at radius 1 is 1.16 bits per heavy atom. The molecule has 5 heteroatoms. The highest BCUT2D eigenvalue weighted by Crippen LogP contribution is 2.30. The average molecular weight is 353 g/mol. The topological polar surface area (TPSA) is 49.4 Å². The molecule has 1 unspecified atom stereocenters. The predicted octanol–water partition coefficient (Wildman–Crippen LogP) is 3.39. The maximum Gasteiger partial charge on any atom is 0.251 e. The summed E-state index contributed by atoms with van der Waals surface area (Å²) < 4.78 is 0. The number of rotatable bonds is 5. The summed E-state index contributed by atoms with van der Waals surface area (Å²) in [5, 5.41) is 3.23. The lowest BCUT2D eigenvalue weighted by molar-refractivity contribution is -0.133. The zero-order valence-corrected chi connectivity index (χ0v) is 14.2. The summed E-state index contributed by atoms with van der Waals surface area (Å²) in [4.78, 5) is 26.7. The van der Waals surface area contributed by atoms with E-state index in [0.717, 1.165) is 11.1 Å². The number of amides is 2. The van der Waals surface area contributed by atoms with E-state index in [2.05, 4.69) is 11.9 Å². The molecule has 0 radical (unpaired) electrons. The Morgan fingerprint density at radius 2 is 1.84 bits per heavy atom. The van der Waals surface area contributed by atoms with Gasteiger partial charge in [-0.25, -0.2) is 0 Å². The zero-order chi connectivity index (χ0) is 17.8. The van der Waals surface area contributed by atoms with E-state index < -0.39 is 6.04 Å². The van der Waals surface area contributed by atoms with Crippen molar-refractivity contribution in [3.05, 3.63) is 89.6 Å². The van der Waals surface area contributed by atoms with Gasteiger partial charge in [0, 0.05) is 17.6 Å². The highest BCUT2D eigenvalue weighted by atomic mass is 35.5. The van der Waals surface area contributed by atoms with Crippen LogP contribution in [0.25, 0.3) is 5.57 Å². The lowest BCUT2D eigenvalue weighted by Gasteiger charge is -2.26. The van der Waals surface area contributed by atoms with Crippen molar-refractivity contribution in [3.63, 3.8) is 0 Å². The molecule has 0 fully saturated rings. The van der Waals surface area contributed by atoms with Gasteiger partial charge in [0.1, 0.15) is 6.04 Å². The van der Waals surface area contributed by atoms with Crippen molar-refractivity contribution in [2.45, 2.75) is 12.6 Å². The van der Waals surface area contributed by atoms with Gasteiger partial charge in [-0.2, -0.15) is 0 Å². The van der Waals surface area contributed by atoms with Gasteiger partial charge in [-0.3, -0.25) is 9.59 Å². The number of nitrogens with one attached hydrogen (secondary N) is 1. The molecule has 2 aromatic rings. The Morgan fingerprint density at radius 3 is 2.48 bits per heavy atom. The molecule has 1 aliphatic heterocycles. The van der Waals surface area contributed by atoms with Gasteiger partial charge in [-0.05, 0) is 35.0 Å². The van der Waals surface area contributed by atoms with Crippen LogP contribution >= 0.6 is 11.6 Å². The second kappa shape index (κ2) is 7.36. The molecule has 4 nitrogen and oxygen atoms in total. The first-order chi connectivity index (χ1) is 12.1. The number of benzene rings is 2. The molecular formula is C20H17ClN2O2. The molecule has 2 aromatic carbocycles. The van der Waals surface area contributed by atoms with Gasteiger partial charge >= 0.3 is 0 Å². The molecule has 1 N–H and O–H groups in total. The molecule has 0 bridgehead atoms. The minimum Gasteiger partial charge on any atom is -0.331 e. The average Bonchev–Trinajstić information content (AvgIpc) is 2.94. The van der Waals surface area contributed by atoms with E-state index in [-0.39, 0.29) is 11.8 Å². The van der Waals surface area contributed by atoms with Crippen molar-refractivity contribution < 1.29 is 9.59 Å². The summed E-state index contributed by atoms with van der Waals surface area (Å²) in [6.45, 7) is 3.86. The van der Waals surface area contributed by atoms with Crippen molar-refractivity contribution in [1.82, 2.24) is 10.2 Å². The van der Waals surface area contributed by atoms with Crippen molar-refractivity contribution >= 4 is 29.0 Å². The molecule has 25 heavy (non-hydrogen) atoms. The molecule has 0 spiro atoms. The smallest absolute Gasteiger partial charge is 0.251 e. The van der Waals surface area contributed by atoms with E-state index in [1.165, 1.54) is 12.3 Å². The number of carbonyl (C=O) groups is 2. The normalized spacial score (nSPS) is 16.5. The standard InChI is InChI=1S/C20H17ClN2O2/c1-2-22-20(25)19-17(15-6-4-3-5-7-15)12-18(24)23(19)13-14-8-10-16(21)11-9-14/h2-12,19H,1,13H2,(H,22,25). The van der Waals surface area contributed by atoms with E-state index in [9.17, 15) is 9.59 Å². The summed E-state index contributed by atoms with van der Waals surface area (Å²) in [6.07, 6.45) is 2.85. The van der Waals surface area contributed by atoms with Crippen LogP contribution in [0, 0.1) is 0 Å². The van der Waals surface area contributed by atoms with Gasteiger partial charge in [0.05, 0.1) is 0 Å². The summed E-state index contributed by atoms with van der Waals surface area (Å²) in [7, 11) is 0. The van der Waals surface area contributed by atoms with E-state index >= 15 is 0 Å².